The van der Waals surface area contributed by atoms with Crippen molar-refractivity contribution in [1.82, 2.24) is 0 Å². The van der Waals surface area contributed by atoms with E-state index < -0.39 is 15.1 Å². The van der Waals surface area contributed by atoms with Gasteiger partial charge in [0.05, 0.1) is 10.1 Å². The van der Waals surface area contributed by atoms with Gasteiger partial charge in [0, 0.05) is 10.5 Å². The molecule has 0 spiro atoms. The molecule has 1 aromatic rings. The highest BCUT2D eigenvalue weighted by Crippen LogP contribution is 2.32. The molecule has 0 aromatic heterocycles. The van der Waals surface area contributed by atoms with Gasteiger partial charge in [0.1, 0.15) is 0 Å². The van der Waals surface area contributed by atoms with Crippen LogP contribution in [0.4, 0.5) is 0 Å². The number of rotatable bonds is 2. The molecule has 0 saturated heterocycles. The number of sulfone groups is 1. The molecule has 2 N–H and O–H groups in total. The summed E-state index contributed by atoms with van der Waals surface area (Å²) in [7, 11) is -3.29. The van der Waals surface area contributed by atoms with Crippen LogP contribution < -0.4 is 5.73 Å². The molecule has 2 unspecified atom stereocenters. The molecule has 0 radical (unpaired) electrons. The van der Waals surface area contributed by atoms with E-state index >= 15 is 0 Å². The van der Waals surface area contributed by atoms with E-state index in [1.54, 1.807) is 24.3 Å². The van der Waals surface area contributed by atoms with Crippen LogP contribution in [-0.4, -0.2) is 19.7 Å². The van der Waals surface area contributed by atoms with Crippen molar-refractivity contribution in [2.24, 2.45) is 5.73 Å². The average molecular weight is 304 g/mol. The molecule has 0 aliphatic heterocycles. The molecule has 0 amide bonds. The van der Waals surface area contributed by atoms with E-state index in [0.29, 0.717) is 15.8 Å². The molecule has 2 atom stereocenters. The third-order valence-corrected chi connectivity index (χ3v) is 6.35. The van der Waals surface area contributed by atoms with Gasteiger partial charge < -0.3 is 5.73 Å². The molecule has 1 aliphatic carbocycles. The number of nitrogens with two attached hydrogens (primary N) is 1. The zero-order valence-electron chi connectivity index (χ0n) is 8.77. The Hall–Kier alpha value is -0.390. The molecule has 5 heteroatoms. The SMILES string of the molecule is NC1CCCC1S(=O)(=O)c1ccccc1Br. The first kappa shape index (κ1) is 12.1. The van der Waals surface area contributed by atoms with Gasteiger partial charge >= 0.3 is 0 Å². The molecule has 16 heavy (non-hydrogen) atoms. The predicted octanol–water partition coefficient (Wildman–Crippen LogP) is 2.10. The van der Waals surface area contributed by atoms with Crippen LogP contribution in [0.3, 0.4) is 0 Å². The van der Waals surface area contributed by atoms with E-state index in [9.17, 15) is 8.42 Å². The van der Waals surface area contributed by atoms with Crippen LogP contribution in [0, 0.1) is 0 Å². The summed E-state index contributed by atoms with van der Waals surface area (Å²) < 4.78 is 25.3. The van der Waals surface area contributed by atoms with E-state index in [1.807, 2.05) is 0 Å². The van der Waals surface area contributed by atoms with Crippen LogP contribution in [0.5, 0.6) is 0 Å². The molecule has 1 aliphatic rings. The molecule has 1 fully saturated rings. The van der Waals surface area contributed by atoms with Crippen molar-refractivity contribution in [3.8, 4) is 0 Å². The highest BCUT2D eigenvalue weighted by atomic mass is 79.9. The lowest BCUT2D eigenvalue weighted by Gasteiger charge is -2.17. The highest BCUT2D eigenvalue weighted by molar-refractivity contribution is 9.10. The van der Waals surface area contributed by atoms with Gasteiger partial charge in [-0.05, 0) is 40.9 Å². The molecule has 1 aromatic carbocycles. The Bertz CT molecular complexity index is 487. The average Bonchev–Trinajstić information content (AvgIpc) is 2.65. The van der Waals surface area contributed by atoms with Crippen molar-refractivity contribution < 1.29 is 8.42 Å². The summed E-state index contributed by atoms with van der Waals surface area (Å²) in [5.41, 5.74) is 5.86. The lowest BCUT2D eigenvalue weighted by atomic mass is 10.3. The zero-order chi connectivity index (χ0) is 11.8. The molecule has 2 rings (SSSR count). The van der Waals surface area contributed by atoms with Gasteiger partial charge in [-0.15, -0.1) is 0 Å². The van der Waals surface area contributed by atoms with Crippen LogP contribution in [0.25, 0.3) is 0 Å². The van der Waals surface area contributed by atoms with Crippen molar-refractivity contribution in [1.29, 1.82) is 0 Å². The van der Waals surface area contributed by atoms with Crippen molar-refractivity contribution in [2.45, 2.75) is 35.4 Å². The van der Waals surface area contributed by atoms with E-state index in [4.69, 9.17) is 5.73 Å². The summed E-state index contributed by atoms with van der Waals surface area (Å²) in [4.78, 5) is 0.359. The van der Waals surface area contributed by atoms with Crippen LogP contribution in [-0.2, 0) is 9.84 Å². The Labute approximate surface area is 104 Å². The largest absolute Gasteiger partial charge is 0.327 e. The van der Waals surface area contributed by atoms with Crippen molar-refractivity contribution >= 4 is 25.8 Å². The quantitative estimate of drug-likeness (QED) is 0.910. The summed E-state index contributed by atoms with van der Waals surface area (Å²) in [5.74, 6) is 0. The molecule has 0 bridgehead atoms. The third-order valence-electron chi connectivity index (χ3n) is 3.05. The summed E-state index contributed by atoms with van der Waals surface area (Å²) in [6.07, 6.45) is 2.37. The number of halogens is 1. The minimum absolute atomic E-state index is 0.225. The monoisotopic (exact) mass is 303 g/mol. The Kier molecular flexibility index (Phi) is 3.37. The standard InChI is InChI=1S/C11H14BrNO2S/c12-8-4-1-2-6-10(8)16(14,15)11-7-3-5-9(11)13/h1-2,4,6,9,11H,3,5,7,13H2. The molecule has 3 nitrogen and oxygen atoms in total. The Balaban J connectivity index is 2.43. The van der Waals surface area contributed by atoms with Crippen molar-refractivity contribution in [2.75, 3.05) is 0 Å². The fourth-order valence-electron chi connectivity index (χ4n) is 2.18. The molecule has 88 valence electrons. The van der Waals surface area contributed by atoms with Gasteiger partial charge in [0.25, 0.3) is 0 Å². The van der Waals surface area contributed by atoms with Gasteiger partial charge in [-0.1, -0.05) is 18.6 Å². The predicted molar refractivity (Wildman–Crippen MR) is 66.9 cm³/mol. The second-order valence-electron chi connectivity index (χ2n) is 4.11. The van der Waals surface area contributed by atoms with Crippen molar-refractivity contribution in [3.63, 3.8) is 0 Å². The normalized spacial score (nSPS) is 25.9. The van der Waals surface area contributed by atoms with E-state index in [-0.39, 0.29) is 6.04 Å². The maximum Gasteiger partial charge on any atom is 0.183 e. The van der Waals surface area contributed by atoms with Gasteiger partial charge in [-0.3, -0.25) is 0 Å². The first-order valence-corrected chi connectivity index (χ1v) is 7.61. The summed E-state index contributed by atoms with van der Waals surface area (Å²) >= 11 is 3.28. The van der Waals surface area contributed by atoms with E-state index in [0.717, 1.165) is 12.8 Å². The second kappa shape index (κ2) is 4.47. The van der Waals surface area contributed by atoms with Gasteiger partial charge in [0.2, 0.25) is 0 Å². The zero-order valence-corrected chi connectivity index (χ0v) is 11.2. The second-order valence-corrected chi connectivity index (χ2v) is 7.10. The molecule has 1 saturated carbocycles. The maximum absolute atomic E-state index is 12.4. The lowest BCUT2D eigenvalue weighted by Crippen LogP contribution is -2.35. The third kappa shape index (κ3) is 2.04. The summed E-state index contributed by atoms with van der Waals surface area (Å²) in [6, 6.07) is 6.69. The minimum atomic E-state index is -3.29. The number of hydrogen-bond acceptors (Lipinski definition) is 3. The summed E-state index contributed by atoms with van der Waals surface area (Å²) in [5, 5.41) is -0.425. The fraction of sp³-hybridized carbons (Fsp3) is 0.455. The lowest BCUT2D eigenvalue weighted by molar-refractivity contribution is 0.567. The first-order chi connectivity index (χ1) is 7.53. The Morgan fingerprint density at radius 2 is 1.94 bits per heavy atom. The Morgan fingerprint density at radius 1 is 1.25 bits per heavy atom. The van der Waals surface area contributed by atoms with Crippen LogP contribution in [0.15, 0.2) is 33.6 Å². The van der Waals surface area contributed by atoms with Crippen LogP contribution in [0.1, 0.15) is 19.3 Å². The van der Waals surface area contributed by atoms with Crippen LogP contribution >= 0.6 is 15.9 Å². The highest BCUT2D eigenvalue weighted by Gasteiger charge is 2.36. The van der Waals surface area contributed by atoms with Crippen molar-refractivity contribution in [3.05, 3.63) is 28.7 Å². The fourth-order valence-corrected chi connectivity index (χ4v) is 5.15. The topological polar surface area (TPSA) is 60.2 Å². The van der Waals surface area contributed by atoms with E-state index in [2.05, 4.69) is 15.9 Å². The molecular formula is C11H14BrNO2S. The van der Waals surface area contributed by atoms with Gasteiger partial charge in [-0.2, -0.15) is 0 Å². The van der Waals surface area contributed by atoms with Gasteiger partial charge in [0.15, 0.2) is 9.84 Å². The Morgan fingerprint density at radius 3 is 2.50 bits per heavy atom. The molecule has 0 heterocycles. The number of benzene rings is 1. The summed E-state index contributed by atoms with van der Waals surface area (Å²) in [6.45, 7) is 0. The van der Waals surface area contributed by atoms with E-state index in [1.165, 1.54) is 0 Å². The maximum atomic E-state index is 12.4. The smallest absolute Gasteiger partial charge is 0.183 e. The minimum Gasteiger partial charge on any atom is -0.327 e. The first-order valence-electron chi connectivity index (χ1n) is 5.27. The number of hydrogen-bond donors (Lipinski definition) is 1. The van der Waals surface area contributed by atoms with Gasteiger partial charge in [-0.25, -0.2) is 8.42 Å². The van der Waals surface area contributed by atoms with Crippen LogP contribution in [0.2, 0.25) is 0 Å². The molecular weight excluding hydrogens is 290 g/mol.